The predicted molar refractivity (Wildman–Crippen MR) is 53.1 cm³/mol. The Kier molecular flexibility index (Phi) is 4.16. The number of hydrogen-bond donors (Lipinski definition) is 0. The van der Waals surface area contributed by atoms with Crippen LogP contribution in [0.4, 0.5) is 4.79 Å². The molecule has 0 aromatic carbocycles. The molecule has 0 aromatic rings. The fourth-order valence-electron chi connectivity index (χ4n) is 1.31. The van der Waals surface area contributed by atoms with E-state index in [4.69, 9.17) is 4.74 Å². The zero-order valence-electron chi connectivity index (χ0n) is 9.06. The van der Waals surface area contributed by atoms with Crippen molar-refractivity contribution in [2.24, 2.45) is 0 Å². The zero-order valence-corrected chi connectivity index (χ0v) is 9.06. The normalized spacial score (nSPS) is 20.2. The quantitative estimate of drug-likeness (QED) is 0.628. The van der Waals surface area contributed by atoms with Gasteiger partial charge in [0, 0.05) is 40.3 Å². The van der Waals surface area contributed by atoms with Gasteiger partial charge in [-0.25, -0.2) is 10.1 Å². The van der Waals surface area contributed by atoms with Crippen LogP contribution in [0, 0.1) is 0 Å². The summed E-state index contributed by atoms with van der Waals surface area (Å²) in [5.74, 6) is 0. The van der Waals surface area contributed by atoms with Crippen LogP contribution >= 0.6 is 0 Å². The van der Waals surface area contributed by atoms with Crippen LogP contribution in [0.15, 0.2) is 0 Å². The second-order valence-electron chi connectivity index (χ2n) is 3.58. The van der Waals surface area contributed by atoms with Gasteiger partial charge in [-0.05, 0) is 6.92 Å². The maximum atomic E-state index is 11.2. The minimum atomic E-state index is -0.292. The smallest absolute Gasteiger partial charge is 0.410 e. The molecule has 1 amide bonds. The molecule has 1 heterocycles. The van der Waals surface area contributed by atoms with Crippen molar-refractivity contribution in [1.82, 2.24) is 15.1 Å². The molecule has 0 saturated carbocycles. The number of hydrogen-bond acceptors (Lipinski definition) is 3. The van der Waals surface area contributed by atoms with Crippen LogP contribution in [0.2, 0.25) is 0 Å². The molecule has 1 rings (SSSR count). The topological polar surface area (TPSA) is 46.9 Å². The minimum Gasteiger partial charge on any atom is -0.430 e. The Balaban J connectivity index is 2.32. The maximum Gasteiger partial charge on any atom is 0.410 e. The Hall–Kier alpha value is -0.810. The summed E-state index contributed by atoms with van der Waals surface area (Å²) in [6, 6.07) is 0. The number of ether oxygens (including phenoxy) is 1. The Bertz CT molecular complexity index is 190. The van der Waals surface area contributed by atoms with E-state index in [0.29, 0.717) is 0 Å². The van der Waals surface area contributed by atoms with E-state index in [2.05, 4.69) is 10.2 Å². The summed E-state index contributed by atoms with van der Waals surface area (Å²) < 4.78 is 5.22. The van der Waals surface area contributed by atoms with Gasteiger partial charge >= 0.3 is 6.09 Å². The van der Waals surface area contributed by atoms with Crippen molar-refractivity contribution in [2.75, 3.05) is 40.3 Å². The van der Waals surface area contributed by atoms with E-state index in [1.54, 1.807) is 14.1 Å². The fraction of sp³-hybridized carbons (Fsp3) is 0.889. The number of rotatable bonds is 2. The average molecular weight is 200 g/mol. The van der Waals surface area contributed by atoms with Crippen LogP contribution < -0.4 is 5.32 Å². The molecule has 5 nitrogen and oxygen atoms in total. The number of piperazine rings is 1. The molecular formula is C9H18N3O2. The predicted octanol–water partition coefficient (Wildman–Crippen LogP) is -0.0494. The van der Waals surface area contributed by atoms with Crippen molar-refractivity contribution in [1.29, 1.82) is 0 Å². The van der Waals surface area contributed by atoms with E-state index in [0.717, 1.165) is 26.2 Å². The molecule has 0 aliphatic carbocycles. The first-order chi connectivity index (χ1) is 6.61. The summed E-state index contributed by atoms with van der Waals surface area (Å²) in [6.07, 6.45) is -0.444. The third kappa shape index (κ3) is 3.16. The molecule has 5 heteroatoms. The van der Waals surface area contributed by atoms with E-state index in [1.807, 2.05) is 6.92 Å². The van der Waals surface area contributed by atoms with Crippen molar-refractivity contribution in [3.05, 3.63) is 0 Å². The first-order valence-electron chi connectivity index (χ1n) is 4.86. The third-order valence-corrected chi connectivity index (χ3v) is 2.24. The summed E-state index contributed by atoms with van der Waals surface area (Å²) in [4.78, 5) is 14.8. The van der Waals surface area contributed by atoms with Gasteiger partial charge < -0.3 is 9.64 Å². The molecule has 14 heavy (non-hydrogen) atoms. The summed E-state index contributed by atoms with van der Waals surface area (Å²) in [7, 11) is 3.36. The van der Waals surface area contributed by atoms with E-state index in [-0.39, 0.29) is 12.3 Å². The van der Waals surface area contributed by atoms with Crippen LogP contribution in [0.5, 0.6) is 0 Å². The number of amides is 1. The maximum absolute atomic E-state index is 11.2. The van der Waals surface area contributed by atoms with Crippen molar-refractivity contribution in [3.8, 4) is 0 Å². The molecule has 0 aromatic heterocycles. The highest BCUT2D eigenvalue weighted by Gasteiger charge is 2.20. The third-order valence-electron chi connectivity index (χ3n) is 2.24. The van der Waals surface area contributed by atoms with Gasteiger partial charge in [0.25, 0.3) is 0 Å². The highest BCUT2D eigenvalue weighted by Crippen LogP contribution is 2.04. The molecule has 0 bridgehead atoms. The molecule has 1 radical (unpaired) electrons. The van der Waals surface area contributed by atoms with E-state index < -0.39 is 0 Å². The minimum absolute atomic E-state index is 0.152. The number of carbonyl (C=O) groups is 1. The Morgan fingerprint density at radius 1 is 1.43 bits per heavy atom. The summed E-state index contributed by atoms with van der Waals surface area (Å²) in [5.41, 5.74) is 0. The van der Waals surface area contributed by atoms with Crippen LogP contribution in [-0.4, -0.2) is 62.4 Å². The first kappa shape index (κ1) is 11.3. The van der Waals surface area contributed by atoms with E-state index >= 15 is 0 Å². The molecule has 81 valence electrons. The molecule has 1 aliphatic rings. The van der Waals surface area contributed by atoms with Gasteiger partial charge in [-0.3, -0.25) is 4.90 Å². The van der Waals surface area contributed by atoms with Crippen LogP contribution in [0.3, 0.4) is 0 Å². The fourth-order valence-corrected chi connectivity index (χ4v) is 1.31. The van der Waals surface area contributed by atoms with Crippen LogP contribution in [0.25, 0.3) is 0 Å². The van der Waals surface area contributed by atoms with E-state index in [1.165, 1.54) is 4.90 Å². The van der Waals surface area contributed by atoms with Gasteiger partial charge in [0.2, 0.25) is 0 Å². The second-order valence-corrected chi connectivity index (χ2v) is 3.58. The van der Waals surface area contributed by atoms with Crippen molar-refractivity contribution >= 4 is 6.09 Å². The lowest BCUT2D eigenvalue weighted by Gasteiger charge is -2.31. The lowest BCUT2D eigenvalue weighted by atomic mass is 10.3. The molecular weight excluding hydrogens is 182 g/mol. The summed E-state index contributed by atoms with van der Waals surface area (Å²) >= 11 is 0. The Morgan fingerprint density at radius 3 is 2.50 bits per heavy atom. The largest absolute Gasteiger partial charge is 0.430 e. The molecule has 1 atom stereocenters. The Labute approximate surface area is 85.0 Å². The van der Waals surface area contributed by atoms with E-state index in [9.17, 15) is 4.79 Å². The van der Waals surface area contributed by atoms with Gasteiger partial charge in [0.05, 0.1) is 0 Å². The zero-order chi connectivity index (χ0) is 10.6. The van der Waals surface area contributed by atoms with Crippen molar-refractivity contribution in [3.63, 3.8) is 0 Å². The van der Waals surface area contributed by atoms with Crippen molar-refractivity contribution < 1.29 is 9.53 Å². The van der Waals surface area contributed by atoms with Crippen LogP contribution in [-0.2, 0) is 4.74 Å². The second kappa shape index (κ2) is 5.17. The van der Waals surface area contributed by atoms with Gasteiger partial charge in [0.15, 0.2) is 6.23 Å². The monoisotopic (exact) mass is 200 g/mol. The lowest BCUT2D eigenvalue weighted by Crippen LogP contribution is -2.47. The highest BCUT2D eigenvalue weighted by atomic mass is 16.6. The summed E-state index contributed by atoms with van der Waals surface area (Å²) in [5, 5.41) is 4.23. The number of nitrogens with zero attached hydrogens (tertiary/aromatic N) is 3. The standard InChI is InChI=1S/C9H18N3O2/c1-8(14-9(13)11(2)3)12-6-4-10-5-7-12/h8H,4-7H2,1-3H3. The highest BCUT2D eigenvalue weighted by molar-refractivity contribution is 5.66. The average Bonchev–Trinajstić information content (AvgIpc) is 2.19. The number of carbonyl (C=O) groups excluding carboxylic acids is 1. The Morgan fingerprint density at radius 2 is 2.00 bits per heavy atom. The molecule has 1 unspecified atom stereocenters. The molecule has 0 N–H and O–H groups in total. The lowest BCUT2D eigenvalue weighted by molar-refractivity contribution is -0.0177. The summed E-state index contributed by atoms with van der Waals surface area (Å²) in [6.45, 7) is 5.32. The van der Waals surface area contributed by atoms with Gasteiger partial charge in [0.1, 0.15) is 0 Å². The molecule has 1 aliphatic heterocycles. The molecule has 1 saturated heterocycles. The van der Waals surface area contributed by atoms with Gasteiger partial charge in [-0.2, -0.15) is 0 Å². The SMILES string of the molecule is CC(OC(=O)N(C)C)N1CC[N]CC1. The first-order valence-corrected chi connectivity index (χ1v) is 4.86. The van der Waals surface area contributed by atoms with Gasteiger partial charge in [-0.15, -0.1) is 0 Å². The van der Waals surface area contributed by atoms with Crippen LogP contribution in [0.1, 0.15) is 6.92 Å². The van der Waals surface area contributed by atoms with Gasteiger partial charge in [-0.1, -0.05) is 0 Å². The van der Waals surface area contributed by atoms with Crippen molar-refractivity contribution in [2.45, 2.75) is 13.2 Å². The molecule has 1 fully saturated rings. The molecule has 0 spiro atoms.